The summed E-state index contributed by atoms with van der Waals surface area (Å²) in [7, 11) is 1.53. The van der Waals surface area contributed by atoms with Crippen LogP contribution in [0.15, 0.2) is 72.3 Å². The molecule has 7 nitrogen and oxygen atoms in total. The van der Waals surface area contributed by atoms with Gasteiger partial charge >= 0.3 is 5.91 Å². The molecule has 0 spiro atoms. The predicted octanol–water partition coefficient (Wildman–Crippen LogP) is 5.64. The molecule has 36 heavy (non-hydrogen) atoms. The summed E-state index contributed by atoms with van der Waals surface area (Å²) in [5.41, 5.74) is 2.74. The van der Waals surface area contributed by atoms with Gasteiger partial charge in [-0.2, -0.15) is 0 Å². The minimum Gasteiger partial charge on any atom is -0.507 e. The molecule has 0 radical (unpaired) electrons. The van der Waals surface area contributed by atoms with Crippen molar-refractivity contribution in [2.75, 3.05) is 18.6 Å². The molecular formula is C28H24N2O5S. The zero-order valence-electron chi connectivity index (χ0n) is 20.0. The molecule has 1 atom stereocenters. The molecule has 1 amide bonds. The second-order valence-electron chi connectivity index (χ2n) is 8.34. The van der Waals surface area contributed by atoms with E-state index in [2.05, 4.69) is 4.98 Å². The molecule has 0 unspecified atom stereocenters. The Morgan fingerprint density at radius 2 is 1.83 bits per heavy atom. The minimum atomic E-state index is -0.922. The van der Waals surface area contributed by atoms with Gasteiger partial charge in [0.2, 0.25) is 0 Å². The van der Waals surface area contributed by atoms with Crippen LogP contribution in [0.25, 0.3) is 16.0 Å². The van der Waals surface area contributed by atoms with Crippen LogP contribution in [0, 0.1) is 6.92 Å². The molecule has 182 valence electrons. The van der Waals surface area contributed by atoms with Crippen molar-refractivity contribution in [2.24, 2.45) is 0 Å². The third kappa shape index (κ3) is 3.99. The molecule has 2 heterocycles. The van der Waals surface area contributed by atoms with Crippen molar-refractivity contribution in [3.05, 3.63) is 89.0 Å². The van der Waals surface area contributed by atoms with Gasteiger partial charge < -0.3 is 14.6 Å². The van der Waals surface area contributed by atoms with Crippen molar-refractivity contribution in [2.45, 2.75) is 19.9 Å². The van der Waals surface area contributed by atoms with Gasteiger partial charge in [-0.15, -0.1) is 0 Å². The first-order valence-electron chi connectivity index (χ1n) is 11.5. The SMILES string of the molecule is CCOc1ccc(C(O)=C2C(=O)C(=O)N(c3nc4ccc(C)cc4s3)[C@H]2c2ccccc2OC)cc1. The first kappa shape index (κ1) is 23.6. The Morgan fingerprint density at radius 1 is 1.08 bits per heavy atom. The second-order valence-corrected chi connectivity index (χ2v) is 9.35. The number of methoxy groups -OCH3 is 1. The van der Waals surface area contributed by atoms with Crippen LogP contribution in [-0.2, 0) is 9.59 Å². The summed E-state index contributed by atoms with van der Waals surface area (Å²) in [6.07, 6.45) is 0. The lowest BCUT2D eigenvalue weighted by Crippen LogP contribution is -2.29. The van der Waals surface area contributed by atoms with Crippen molar-refractivity contribution in [3.63, 3.8) is 0 Å². The number of hydrogen-bond acceptors (Lipinski definition) is 7. The summed E-state index contributed by atoms with van der Waals surface area (Å²) in [6, 6.07) is 18.8. The van der Waals surface area contributed by atoms with Gasteiger partial charge in [0.25, 0.3) is 5.78 Å². The number of fused-ring (bicyclic) bond motifs is 1. The van der Waals surface area contributed by atoms with Crippen LogP contribution in [0.5, 0.6) is 11.5 Å². The van der Waals surface area contributed by atoms with E-state index < -0.39 is 17.7 Å². The number of aliphatic hydroxyl groups is 1. The molecule has 1 aliphatic heterocycles. The molecule has 5 rings (SSSR count). The third-order valence-corrected chi connectivity index (χ3v) is 7.07. The van der Waals surface area contributed by atoms with Crippen LogP contribution >= 0.6 is 11.3 Å². The highest BCUT2D eigenvalue weighted by atomic mass is 32.1. The summed E-state index contributed by atoms with van der Waals surface area (Å²) >= 11 is 1.32. The van der Waals surface area contributed by atoms with Gasteiger partial charge in [-0.3, -0.25) is 14.5 Å². The number of anilines is 1. The zero-order valence-corrected chi connectivity index (χ0v) is 20.8. The standard InChI is InChI=1S/C28H24N2O5S/c1-4-35-18-12-10-17(11-13-18)25(31)23-24(19-7-5-6-8-21(19)34-3)30(27(33)26(23)32)28-29-20-14-9-16(2)15-22(20)36-28/h5-15,24,31H,4H2,1-3H3/t24-/m0/s1. The number of ether oxygens (including phenoxy) is 2. The molecule has 1 fully saturated rings. The fraction of sp³-hybridized carbons (Fsp3) is 0.179. The maximum absolute atomic E-state index is 13.5. The number of hydrogen-bond donors (Lipinski definition) is 1. The fourth-order valence-corrected chi connectivity index (χ4v) is 5.46. The number of aryl methyl sites for hydroxylation is 1. The number of para-hydroxylation sites is 1. The van der Waals surface area contributed by atoms with Gasteiger partial charge in [-0.05, 0) is 61.9 Å². The molecule has 1 saturated heterocycles. The summed E-state index contributed by atoms with van der Waals surface area (Å²) in [6.45, 7) is 4.37. The lowest BCUT2D eigenvalue weighted by atomic mass is 9.94. The number of aliphatic hydroxyl groups excluding tert-OH is 1. The van der Waals surface area contributed by atoms with Crippen LogP contribution in [-0.4, -0.2) is 35.5 Å². The molecule has 1 aliphatic rings. The van der Waals surface area contributed by atoms with Crippen LogP contribution in [0.2, 0.25) is 0 Å². The van der Waals surface area contributed by atoms with Crippen molar-refractivity contribution >= 4 is 44.1 Å². The van der Waals surface area contributed by atoms with E-state index in [1.54, 1.807) is 48.5 Å². The number of amides is 1. The Bertz CT molecular complexity index is 1510. The average molecular weight is 501 g/mol. The lowest BCUT2D eigenvalue weighted by Gasteiger charge is -2.24. The van der Waals surface area contributed by atoms with E-state index in [1.807, 2.05) is 32.0 Å². The monoisotopic (exact) mass is 500 g/mol. The first-order chi connectivity index (χ1) is 17.4. The first-order valence-corrected chi connectivity index (χ1v) is 12.3. The topological polar surface area (TPSA) is 89.0 Å². The maximum atomic E-state index is 13.5. The number of rotatable bonds is 6. The highest BCUT2D eigenvalue weighted by Crippen LogP contribution is 2.46. The smallest absolute Gasteiger partial charge is 0.301 e. The number of carbonyl (C=O) groups excluding carboxylic acids is 2. The quantitative estimate of drug-likeness (QED) is 0.209. The van der Waals surface area contributed by atoms with Crippen molar-refractivity contribution in [1.82, 2.24) is 4.98 Å². The Kier molecular flexibility index (Phi) is 6.20. The summed E-state index contributed by atoms with van der Waals surface area (Å²) in [5.74, 6) is -0.682. The van der Waals surface area contributed by atoms with Crippen LogP contribution in [0.4, 0.5) is 5.13 Å². The van der Waals surface area contributed by atoms with Crippen LogP contribution in [0.1, 0.15) is 29.7 Å². The highest BCUT2D eigenvalue weighted by molar-refractivity contribution is 7.22. The number of nitrogens with zero attached hydrogens (tertiary/aromatic N) is 2. The molecule has 1 N–H and O–H groups in total. The molecular weight excluding hydrogens is 476 g/mol. The minimum absolute atomic E-state index is 0.0240. The Labute approximate surface area is 212 Å². The molecule has 0 bridgehead atoms. The van der Waals surface area contributed by atoms with Gasteiger partial charge in [-0.25, -0.2) is 4.98 Å². The number of aromatic nitrogens is 1. The van der Waals surface area contributed by atoms with E-state index in [1.165, 1.54) is 23.3 Å². The van der Waals surface area contributed by atoms with E-state index in [0.717, 1.165) is 15.8 Å². The number of ketones is 1. The van der Waals surface area contributed by atoms with E-state index >= 15 is 0 Å². The number of benzene rings is 3. The van der Waals surface area contributed by atoms with Crippen molar-refractivity contribution < 1.29 is 24.2 Å². The van der Waals surface area contributed by atoms with Crippen LogP contribution in [0.3, 0.4) is 0 Å². The molecule has 0 saturated carbocycles. The number of thiazole rings is 1. The number of Topliss-reactive ketones (excluding diaryl/α,β-unsaturated/α-hetero) is 1. The molecule has 8 heteroatoms. The summed E-state index contributed by atoms with van der Waals surface area (Å²) in [5, 5.41) is 11.7. The van der Waals surface area contributed by atoms with E-state index in [-0.39, 0.29) is 11.3 Å². The van der Waals surface area contributed by atoms with Gasteiger partial charge in [-0.1, -0.05) is 35.6 Å². The van der Waals surface area contributed by atoms with Gasteiger partial charge in [0.05, 0.1) is 29.5 Å². The zero-order chi connectivity index (χ0) is 25.4. The van der Waals surface area contributed by atoms with Gasteiger partial charge in [0, 0.05) is 11.1 Å². The fourth-order valence-electron chi connectivity index (χ4n) is 4.37. The molecule has 3 aromatic carbocycles. The Hall–Kier alpha value is -4.17. The normalized spacial score (nSPS) is 17.1. The number of carbonyl (C=O) groups is 2. The van der Waals surface area contributed by atoms with Crippen molar-refractivity contribution in [1.29, 1.82) is 0 Å². The second kappa shape index (κ2) is 9.47. The van der Waals surface area contributed by atoms with Gasteiger partial charge in [0.15, 0.2) is 5.13 Å². The van der Waals surface area contributed by atoms with E-state index in [0.29, 0.717) is 34.4 Å². The predicted molar refractivity (Wildman–Crippen MR) is 140 cm³/mol. The average Bonchev–Trinajstić information content (AvgIpc) is 3.41. The molecule has 4 aromatic rings. The summed E-state index contributed by atoms with van der Waals surface area (Å²) in [4.78, 5) is 32.9. The Balaban J connectivity index is 1.71. The maximum Gasteiger partial charge on any atom is 0.301 e. The lowest BCUT2D eigenvalue weighted by molar-refractivity contribution is -0.132. The largest absolute Gasteiger partial charge is 0.507 e. The molecule has 0 aliphatic carbocycles. The Morgan fingerprint density at radius 3 is 2.56 bits per heavy atom. The highest BCUT2D eigenvalue weighted by Gasteiger charge is 2.49. The van der Waals surface area contributed by atoms with Crippen molar-refractivity contribution in [3.8, 4) is 11.5 Å². The van der Waals surface area contributed by atoms with E-state index in [4.69, 9.17) is 9.47 Å². The third-order valence-electron chi connectivity index (χ3n) is 6.06. The molecule has 1 aromatic heterocycles. The van der Waals surface area contributed by atoms with Crippen LogP contribution < -0.4 is 14.4 Å². The van der Waals surface area contributed by atoms with E-state index in [9.17, 15) is 14.7 Å². The summed E-state index contributed by atoms with van der Waals surface area (Å²) < 4.78 is 12.0. The van der Waals surface area contributed by atoms with Gasteiger partial charge in [0.1, 0.15) is 23.3 Å².